The number of fused-ring (bicyclic) bond motifs is 2. The predicted molar refractivity (Wildman–Crippen MR) is 95.2 cm³/mol. The highest BCUT2D eigenvalue weighted by Crippen LogP contribution is 2.23. The van der Waals surface area contributed by atoms with Gasteiger partial charge < -0.3 is 10.2 Å². The molecule has 0 aliphatic carbocycles. The van der Waals surface area contributed by atoms with Gasteiger partial charge in [0, 0.05) is 41.0 Å². The summed E-state index contributed by atoms with van der Waals surface area (Å²) in [5.41, 5.74) is 0. The van der Waals surface area contributed by atoms with Crippen LogP contribution < -0.4 is 5.32 Å². The molecule has 2 aliphatic rings. The molecule has 2 heterocycles. The van der Waals surface area contributed by atoms with Crippen LogP contribution >= 0.6 is 27.7 Å². The first-order valence-electron chi connectivity index (χ1n) is 8.13. The number of thioether (sulfide) groups is 1. The maximum Gasteiger partial charge on any atom is 0.222 e. The first-order chi connectivity index (χ1) is 10.7. The van der Waals surface area contributed by atoms with E-state index in [2.05, 4.69) is 50.4 Å². The van der Waals surface area contributed by atoms with E-state index >= 15 is 0 Å². The third-order valence-corrected chi connectivity index (χ3v) is 6.12. The highest BCUT2D eigenvalue weighted by Gasteiger charge is 2.30. The SMILES string of the molecule is O=C(CCCSc1ccc(Br)cc1)N1CCC2CCC(C1)N2. The number of nitrogens with zero attached hydrogens (tertiary/aromatic N) is 1. The van der Waals surface area contributed by atoms with Gasteiger partial charge in [-0.15, -0.1) is 11.8 Å². The van der Waals surface area contributed by atoms with Gasteiger partial charge in [-0.05, 0) is 55.7 Å². The summed E-state index contributed by atoms with van der Waals surface area (Å²) in [4.78, 5) is 15.7. The molecule has 2 atom stereocenters. The lowest BCUT2D eigenvalue weighted by atomic mass is 10.1. The molecular weight excluding hydrogens is 360 g/mol. The second-order valence-electron chi connectivity index (χ2n) is 6.17. The zero-order chi connectivity index (χ0) is 15.4. The van der Waals surface area contributed by atoms with Gasteiger partial charge >= 0.3 is 0 Å². The lowest BCUT2D eigenvalue weighted by molar-refractivity contribution is -0.131. The molecule has 1 N–H and O–H groups in total. The minimum atomic E-state index is 0.339. The fourth-order valence-corrected chi connectivity index (χ4v) is 4.39. The van der Waals surface area contributed by atoms with Gasteiger partial charge in [-0.25, -0.2) is 0 Å². The number of hydrogen-bond acceptors (Lipinski definition) is 3. The van der Waals surface area contributed by atoms with Gasteiger partial charge in [-0.1, -0.05) is 15.9 Å². The Morgan fingerprint density at radius 1 is 1.23 bits per heavy atom. The van der Waals surface area contributed by atoms with Gasteiger partial charge in [0.1, 0.15) is 0 Å². The number of rotatable bonds is 5. The van der Waals surface area contributed by atoms with Crippen LogP contribution in [0.2, 0.25) is 0 Å². The number of benzene rings is 1. The molecule has 1 aromatic carbocycles. The van der Waals surface area contributed by atoms with Crippen LogP contribution in [-0.4, -0.2) is 41.7 Å². The van der Waals surface area contributed by atoms with Gasteiger partial charge in [0.25, 0.3) is 0 Å². The number of hydrogen-bond donors (Lipinski definition) is 1. The maximum atomic E-state index is 12.4. The molecular formula is C17H23BrN2OS. The first kappa shape index (κ1) is 16.3. The number of carbonyl (C=O) groups excluding carboxylic acids is 1. The van der Waals surface area contributed by atoms with Crippen molar-refractivity contribution in [2.45, 2.75) is 49.1 Å². The molecule has 0 aromatic heterocycles. The van der Waals surface area contributed by atoms with E-state index in [-0.39, 0.29) is 0 Å². The zero-order valence-corrected chi connectivity index (χ0v) is 15.2. The van der Waals surface area contributed by atoms with E-state index in [4.69, 9.17) is 0 Å². The number of amides is 1. The van der Waals surface area contributed by atoms with Crippen LogP contribution in [0.5, 0.6) is 0 Å². The van der Waals surface area contributed by atoms with Crippen LogP contribution in [0.1, 0.15) is 32.1 Å². The molecule has 120 valence electrons. The third kappa shape index (κ3) is 4.49. The summed E-state index contributed by atoms with van der Waals surface area (Å²) in [6.45, 7) is 1.85. The minimum absolute atomic E-state index is 0.339. The largest absolute Gasteiger partial charge is 0.341 e. The molecule has 22 heavy (non-hydrogen) atoms. The summed E-state index contributed by atoms with van der Waals surface area (Å²) in [5.74, 6) is 1.34. The normalized spacial score (nSPS) is 24.3. The Morgan fingerprint density at radius 2 is 2.00 bits per heavy atom. The van der Waals surface area contributed by atoms with Gasteiger partial charge in [-0.3, -0.25) is 4.79 Å². The maximum absolute atomic E-state index is 12.4. The highest BCUT2D eigenvalue weighted by molar-refractivity contribution is 9.10. The van der Waals surface area contributed by atoms with E-state index in [9.17, 15) is 4.79 Å². The van der Waals surface area contributed by atoms with Crippen molar-refractivity contribution in [2.75, 3.05) is 18.8 Å². The van der Waals surface area contributed by atoms with Crippen LogP contribution in [-0.2, 0) is 4.79 Å². The Morgan fingerprint density at radius 3 is 2.82 bits per heavy atom. The lowest BCUT2D eigenvalue weighted by Crippen LogP contribution is -2.38. The summed E-state index contributed by atoms with van der Waals surface area (Å²) in [6.07, 6.45) is 5.28. The summed E-state index contributed by atoms with van der Waals surface area (Å²) in [7, 11) is 0. The summed E-state index contributed by atoms with van der Waals surface area (Å²) < 4.78 is 1.11. The van der Waals surface area contributed by atoms with Crippen molar-refractivity contribution in [3.05, 3.63) is 28.7 Å². The van der Waals surface area contributed by atoms with Gasteiger partial charge in [0.15, 0.2) is 0 Å². The number of carbonyl (C=O) groups is 1. The monoisotopic (exact) mass is 382 g/mol. The van der Waals surface area contributed by atoms with Crippen molar-refractivity contribution in [1.29, 1.82) is 0 Å². The molecule has 2 aliphatic heterocycles. The molecule has 2 fully saturated rings. The zero-order valence-electron chi connectivity index (χ0n) is 12.8. The second-order valence-corrected chi connectivity index (χ2v) is 8.26. The lowest BCUT2D eigenvalue weighted by Gasteiger charge is -2.24. The second kappa shape index (κ2) is 7.84. The number of halogens is 1. The molecule has 2 bridgehead atoms. The summed E-state index contributed by atoms with van der Waals surface area (Å²) in [6, 6.07) is 9.55. The Balaban J connectivity index is 1.38. The molecule has 3 nitrogen and oxygen atoms in total. The summed E-state index contributed by atoms with van der Waals surface area (Å²) >= 11 is 5.28. The molecule has 3 rings (SSSR count). The van der Waals surface area contributed by atoms with Crippen molar-refractivity contribution in [3.8, 4) is 0 Å². The number of likely N-dealkylation sites (tertiary alicyclic amines) is 1. The van der Waals surface area contributed by atoms with Crippen LogP contribution in [0, 0.1) is 0 Å². The number of nitrogens with one attached hydrogen (secondary N) is 1. The average molecular weight is 383 g/mol. The quantitative estimate of drug-likeness (QED) is 0.622. The van der Waals surface area contributed by atoms with Crippen molar-refractivity contribution < 1.29 is 4.79 Å². The van der Waals surface area contributed by atoms with Crippen molar-refractivity contribution >= 4 is 33.6 Å². The van der Waals surface area contributed by atoms with Crippen molar-refractivity contribution in [1.82, 2.24) is 10.2 Å². The molecule has 2 saturated heterocycles. The first-order valence-corrected chi connectivity index (χ1v) is 9.91. The predicted octanol–water partition coefficient (Wildman–Crippen LogP) is 3.67. The van der Waals surface area contributed by atoms with Crippen molar-refractivity contribution in [2.24, 2.45) is 0 Å². The van der Waals surface area contributed by atoms with E-state index in [0.29, 0.717) is 24.4 Å². The van der Waals surface area contributed by atoms with Crippen LogP contribution in [0.15, 0.2) is 33.6 Å². The molecule has 1 amide bonds. The third-order valence-electron chi connectivity index (χ3n) is 4.49. The Labute approximate surface area is 145 Å². The van der Waals surface area contributed by atoms with Gasteiger partial charge in [0.2, 0.25) is 5.91 Å². The fourth-order valence-electron chi connectivity index (χ4n) is 3.27. The van der Waals surface area contributed by atoms with Crippen LogP contribution in [0.4, 0.5) is 0 Å². The average Bonchev–Trinajstić information content (AvgIpc) is 2.84. The minimum Gasteiger partial charge on any atom is -0.341 e. The topological polar surface area (TPSA) is 32.3 Å². The molecule has 1 aromatic rings. The highest BCUT2D eigenvalue weighted by atomic mass is 79.9. The Hall–Kier alpha value is -0.520. The van der Waals surface area contributed by atoms with E-state index < -0.39 is 0 Å². The van der Waals surface area contributed by atoms with Gasteiger partial charge in [0.05, 0.1) is 0 Å². The van der Waals surface area contributed by atoms with Crippen LogP contribution in [0.3, 0.4) is 0 Å². The van der Waals surface area contributed by atoms with E-state index in [0.717, 1.165) is 36.2 Å². The van der Waals surface area contributed by atoms with Crippen molar-refractivity contribution in [3.63, 3.8) is 0 Å². The van der Waals surface area contributed by atoms with E-state index in [1.165, 1.54) is 17.7 Å². The van der Waals surface area contributed by atoms with Crippen LogP contribution in [0.25, 0.3) is 0 Å². The smallest absolute Gasteiger partial charge is 0.222 e. The Bertz CT molecular complexity index is 508. The molecule has 0 saturated carbocycles. The standard InChI is InChI=1S/C17H23BrN2OS/c18-13-3-7-16(8-4-13)22-11-1-2-17(21)20-10-9-14-5-6-15(12-20)19-14/h3-4,7-8,14-15,19H,1-2,5-6,9-12H2. The molecule has 0 spiro atoms. The van der Waals surface area contributed by atoms with E-state index in [1.807, 2.05) is 11.8 Å². The molecule has 0 radical (unpaired) electrons. The molecule has 2 unspecified atom stereocenters. The molecule has 5 heteroatoms. The fraction of sp³-hybridized carbons (Fsp3) is 0.588. The van der Waals surface area contributed by atoms with E-state index in [1.54, 1.807) is 0 Å². The van der Waals surface area contributed by atoms with Gasteiger partial charge in [-0.2, -0.15) is 0 Å². The summed E-state index contributed by atoms with van der Waals surface area (Å²) in [5, 5.41) is 3.63. The Kier molecular flexibility index (Phi) is 5.83.